The summed E-state index contributed by atoms with van der Waals surface area (Å²) in [5.41, 5.74) is 7.49. The van der Waals surface area contributed by atoms with Crippen molar-refractivity contribution in [3.05, 3.63) is 34.9 Å². The Balaban J connectivity index is 2.16. The molecule has 19 heavy (non-hydrogen) atoms. The van der Waals surface area contributed by atoms with Gasteiger partial charge in [0.2, 0.25) is 0 Å². The summed E-state index contributed by atoms with van der Waals surface area (Å²) in [5, 5.41) is 0.794. The van der Waals surface area contributed by atoms with E-state index in [1.807, 2.05) is 12.1 Å². The Morgan fingerprint density at radius 3 is 2.63 bits per heavy atom. The third kappa shape index (κ3) is 3.71. The molecular weight excluding hydrogens is 256 g/mol. The minimum absolute atomic E-state index is 0.110. The maximum atomic E-state index is 6.25. The van der Waals surface area contributed by atoms with Gasteiger partial charge in [0, 0.05) is 23.7 Å². The highest BCUT2D eigenvalue weighted by molar-refractivity contribution is 6.30. The highest BCUT2D eigenvalue weighted by atomic mass is 35.5. The van der Waals surface area contributed by atoms with Gasteiger partial charge in [0.05, 0.1) is 0 Å². The molecule has 1 aliphatic rings. The van der Waals surface area contributed by atoms with Crippen LogP contribution in [0.4, 0.5) is 0 Å². The van der Waals surface area contributed by atoms with Gasteiger partial charge in [-0.25, -0.2) is 0 Å². The molecule has 0 radical (unpaired) electrons. The molecule has 2 N–H and O–H groups in total. The van der Waals surface area contributed by atoms with Crippen LogP contribution in [0.2, 0.25) is 5.02 Å². The lowest BCUT2D eigenvalue weighted by atomic mass is 9.84. The van der Waals surface area contributed by atoms with Gasteiger partial charge in [0.1, 0.15) is 0 Å². The van der Waals surface area contributed by atoms with Crippen LogP contribution in [0.3, 0.4) is 0 Å². The first-order valence-corrected chi connectivity index (χ1v) is 7.74. The maximum Gasteiger partial charge on any atom is 0.0496 e. The second kappa shape index (κ2) is 6.74. The Kier molecular flexibility index (Phi) is 5.26. The van der Waals surface area contributed by atoms with Crippen LogP contribution >= 0.6 is 11.6 Å². The molecule has 1 saturated carbocycles. The molecule has 1 aromatic rings. The number of hydrogen-bond acceptors (Lipinski definition) is 2. The van der Waals surface area contributed by atoms with Gasteiger partial charge in [-0.15, -0.1) is 0 Å². The van der Waals surface area contributed by atoms with Crippen LogP contribution in [0.5, 0.6) is 0 Å². The molecule has 2 unspecified atom stereocenters. The first-order valence-electron chi connectivity index (χ1n) is 7.37. The van der Waals surface area contributed by atoms with Gasteiger partial charge in [-0.05, 0) is 49.9 Å². The quantitative estimate of drug-likeness (QED) is 0.858. The summed E-state index contributed by atoms with van der Waals surface area (Å²) in [6.07, 6.45) is 4.14. The number of rotatable bonds is 6. The number of hydrogen-bond donors (Lipinski definition) is 1. The zero-order valence-electron chi connectivity index (χ0n) is 12.0. The summed E-state index contributed by atoms with van der Waals surface area (Å²) in [6.45, 7) is 6.51. The Morgan fingerprint density at radius 2 is 2.16 bits per heavy atom. The van der Waals surface area contributed by atoms with Gasteiger partial charge in [0.15, 0.2) is 0 Å². The molecule has 0 heterocycles. The fourth-order valence-corrected chi connectivity index (χ4v) is 3.18. The molecule has 0 aromatic heterocycles. The third-order valence-corrected chi connectivity index (χ3v) is 4.44. The van der Waals surface area contributed by atoms with Crippen molar-refractivity contribution < 1.29 is 0 Å². The van der Waals surface area contributed by atoms with Crippen LogP contribution in [0.15, 0.2) is 24.3 Å². The second-order valence-corrected chi connectivity index (χ2v) is 6.18. The summed E-state index contributed by atoms with van der Waals surface area (Å²) in [4.78, 5) is 2.51. The second-order valence-electron chi connectivity index (χ2n) is 5.74. The molecule has 2 rings (SSSR count). The first kappa shape index (κ1) is 14.8. The minimum atomic E-state index is 0.110. The van der Waals surface area contributed by atoms with Crippen LogP contribution < -0.4 is 5.73 Å². The number of halogens is 1. The van der Waals surface area contributed by atoms with E-state index in [1.54, 1.807) is 0 Å². The molecule has 1 aliphatic carbocycles. The predicted octanol–water partition coefficient (Wildman–Crippen LogP) is 3.85. The summed E-state index contributed by atoms with van der Waals surface area (Å²) >= 11 is 6.13. The summed E-state index contributed by atoms with van der Waals surface area (Å²) < 4.78 is 0. The molecule has 2 nitrogen and oxygen atoms in total. The topological polar surface area (TPSA) is 29.3 Å². The molecule has 0 amide bonds. The number of nitrogens with two attached hydrogens (primary N) is 1. The van der Waals surface area contributed by atoms with E-state index in [2.05, 4.69) is 30.9 Å². The smallest absolute Gasteiger partial charge is 0.0496 e. The highest BCUT2D eigenvalue weighted by Gasteiger charge is 2.27. The lowest BCUT2D eigenvalue weighted by Crippen LogP contribution is -2.42. The third-order valence-electron chi connectivity index (χ3n) is 4.21. The zero-order valence-corrected chi connectivity index (χ0v) is 12.7. The van der Waals surface area contributed by atoms with E-state index in [0.29, 0.717) is 0 Å². The SMILES string of the molecule is CCN(CC1CCC1)C(c1cccc(Cl)c1)C(C)N. The van der Waals surface area contributed by atoms with E-state index < -0.39 is 0 Å². The molecule has 106 valence electrons. The van der Waals surface area contributed by atoms with Gasteiger partial charge >= 0.3 is 0 Å². The molecule has 1 aromatic carbocycles. The first-order chi connectivity index (χ1) is 9.11. The number of likely N-dealkylation sites (N-methyl/N-ethyl adjacent to an activating group) is 1. The zero-order chi connectivity index (χ0) is 13.8. The van der Waals surface area contributed by atoms with Gasteiger partial charge in [0.25, 0.3) is 0 Å². The van der Waals surface area contributed by atoms with Crippen molar-refractivity contribution in [2.45, 2.75) is 45.2 Å². The average molecular weight is 281 g/mol. The van der Waals surface area contributed by atoms with Crippen LogP contribution in [0.25, 0.3) is 0 Å². The molecule has 1 fully saturated rings. The van der Waals surface area contributed by atoms with Crippen molar-refractivity contribution in [1.29, 1.82) is 0 Å². The standard InChI is InChI=1S/C16H25ClN2/c1-3-19(11-13-6-4-7-13)16(12(2)18)14-8-5-9-15(17)10-14/h5,8-10,12-13,16H,3-4,6-7,11,18H2,1-2H3. The Morgan fingerprint density at radius 1 is 1.42 bits per heavy atom. The van der Waals surface area contributed by atoms with E-state index in [1.165, 1.54) is 24.8 Å². The van der Waals surface area contributed by atoms with Crippen molar-refractivity contribution in [2.75, 3.05) is 13.1 Å². The lowest BCUT2D eigenvalue weighted by molar-refractivity contribution is 0.125. The van der Waals surface area contributed by atoms with Crippen molar-refractivity contribution >= 4 is 11.6 Å². The normalized spacial score (nSPS) is 19.2. The largest absolute Gasteiger partial charge is 0.326 e. The number of benzene rings is 1. The summed E-state index contributed by atoms with van der Waals surface area (Å²) in [7, 11) is 0. The molecular formula is C16H25ClN2. The van der Waals surface area contributed by atoms with Gasteiger partial charge in [-0.3, -0.25) is 4.90 Å². The minimum Gasteiger partial charge on any atom is -0.326 e. The predicted molar refractivity (Wildman–Crippen MR) is 82.4 cm³/mol. The lowest BCUT2D eigenvalue weighted by Gasteiger charge is -2.38. The molecule has 0 bridgehead atoms. The summed E-state index contributed by atoms with van der Waals surface area (Å²) in [5.74, 6) is 0.861. The fraction of sp³-hybridized carbons (Fsp3) is 0.625. The highest BCUT2D eigenvalue weighted by Crippen LogP contribution is 2.32. The van der Waals surface area contributed by atoms with E-state index in [4.69, 9.17) is 17.3 Å². The monoisotopic (exact) mass is 280 g/mol. The van der Waals surface area contributed by atoms with Crippen molar-refractivity contribution in [1.82, 2.24) is 4.90 Å². The van der Waals surface area contributed by atoms with Gasteiger partial charge < -0.3 is 5.73 Å². The molecule has 0 saturated heterocycles. The Labute approximate surface area is 121 Å². The molecule has 0 aliphatic heterocycles. The fourth-order valence-electron chi connectivity index (χ4n) is 2.98. The molecule has 3 heteroatoms. The van der Waals surface area contributed by atoms with Crippen molar-refractivity contribution in [2.24, 2.45) is 11.7 Å². The van der Waals surface area contributed by atoms with Crippen LogP contribution in [-0.4, -0.2) is 24.0 Å². The van der Waals surface area contributed by atoms with Crippen molar-refractivity contribution in [3.63, 3.8) is 0 Å². The average Bonchev–Trinajstić information content (AvgIpc) is 2.31. The van der Waals surface area contributed by atoms with Crippen LogP contribution in [0.1, 0.15) is 44.7 Å². The van der Waals surface area contributed by atoms with E-state index >= 15 is 0 Å². The summed E-state index contributed by atoms with van der Waals surface area (Å²) in [6, 6.07) is 8.51. The van der Waals surface area contributed by atoms with Gasteiger partial charge in [-0.2, -0.15) is 0 Å². The Bertz CT molecular complexity index is 401. The van der Waals surface area contributed by atoms with Crippen LogP contribution in [0, 0.1) is 5.92 Å². The van der Waals surface area contributed by atoms with E-state index in [-0.39, 0.29) is 12.1 Å². The molecule has 2 atom stereocenters. The number of nitrogens with zero attached hydrogens (tertiary/aromatic N) is 1. The van der Waals surface area contributed by atoms with Gasteiger partial charge in [-0.1, -0.05) is 37.1 Å². The van der Waals surface area contributed by atoms with Crippen LogP contribution in [-0.2, 0) is 0 Å². The molecule has 0 spiro atoms. The maximum absolute atomic E-state index is 6.25. The van der Waals surface area contributed by atoms with E-state index in [9.17, 15) is 0 Å². The van der Waals surface area contributed by atoms with E-state index in [0.717, 1.165) is 24.0 Å². The van der Waals surface area contributed by atoms with Crippen molar-refractivity contribution in [3.8, 4) is 0 Å². The Hall–Kier alpha value is -0.570.